The van der Waals surface area contributed by atoms with Crippen LogP contribution in [0.25, 0.3) is 0 Å². The second kappa shape index (κ2) is 12.6. The van der Waals surface area contributed by atoms with Crippen molar-refractivity contribution in [1.29, 1.82) is 0 Å². The van der Waals surface area contributed by atoms with Gasteiger partial charge in [0, 0.05) is 18.5 Å². The molecule has 2 N–H and O–H groups in total. The van der Waals surface area contributed by atoms with Gasteiger partial charge in [-0.15, -0.1) is 23.2 Å². The van der Waals surface area contributed by atoms with Crippen molar-refractivity contribution < 1.29 is 22.8 Å². The highest BCUT2D eigenvalue weighted by Gasteiger charge is 2.66. The summed E-state index contributed by atoms with van der Waals surface area (Å²) < 4.78 is 36.6. The number of hydrazine groups is 1. The molecule has 40 heavy (non-hydrogen) atoms. The summed E-state index contributed by atoms with van der Waals surface area (Å²) in [6.45, 7) is 4.12. The van der Waals surface area contributed by atoms with Gasteiger partial charge in [0.2, 0.25) is 11.8 Å². The van der Waals surface area contributed by atoms with Crippen molar-refractivity contribution in [2.45, 2.75) is 46.7 Å². The molecule has 17 heteroatoms. The molecule has 2 amide bonds. The van der Waals surface area contributed by atoms with Gasteiger partial charge < -0.3 is 0 Å². The maximum Gasteiger partial charge on any atom is 0.416 e. The van der Waals surface area contributed by atoms with Gasteiger partial charge in [-0.25, -0.2) is 4.31 Å². The van der Waals surface area contributed by atoms with Gasteiger partial charge in [-0.1, -0.05) is 70.2 Å². The van der Waals surface area contributed by atoms with Crippen molar-refractivity contribution in [1.82, 2.24) is 9.73 Å². The Labute approximate surface area is 268 Å². The molecule has 0 spiro atoms. The van der Waals surface area contributed by atoms with Gasteiger partial charge in [0.15, 0.2) is 0 Å². The van der Waals surface area contributed by atoms with E-state index in [2.05, 4.69) is 15.8 Å². The van der Waals surface area contributed by atoms with Gasteiger partial charge in [0.05, 0.1) is 38.5 Å². The topological polar surface area (TPSA) is 73.8 Å². The smallest absolute Gasteiger partial charge is 0.297 e. The van der Waals surface area contributed by atoms with Gasteiger partial charge in [-0.05, 0) is 45.2 Å². The maximum absolute atomic E-state index is 12.7. The van der Waals surface area contributed by atoms with Crippen LogP contribution in [0.5, 0.6) is 0 Å². The van der Waals surface area contributed by atoms with Crippen molar-refractivity contribution in [2.75, 3.05) is 12.0 Å². The van der Waals surface area contributed by atoms with Crippen LogP contribution in [-0.4, -0.2) is 36.0 Å². The summed E-state index contributed by atoms with van der Waals surface area (Å²) in [6, 6.07) is 1.58. The molecule has 3 aliphatic rings. The molecular weight excluding hydrogens is 702 g/mol. The number of aliphatic imine (C=N–C) groups is 1. The first-order valence-electron chi connectivity index (χ1n) is 11.6. The molecule has 222 valence electrons. The highest BCUT2D eigenvalue weighted by molar-refractivity contribution is 8.03. The van der Waals surface area contributed by atoms with Gasteiger partial charge >= 0.3 is 6.18 Å². The number of nitrogens with zero attached hydrogens (tertiary/aromatic N) is 2. The fraction of sp³-hybridized carbons (Fsp3) is 0.522. The molecule has 3 atom stereocenters. The number of hydrogen-bond acceptors (Lipinski definition) is 5. The number of allylic oxidation sites excluding steroid dienone is 2. The highest BCUT2D eigenvalue weighted by atomic mass is 35.6. The third-order valence-electron chi connectivity index (χ3n) is 6.43. The van der Waals surface area contributed by atoms with E-state index in [1.165, 1.54) is 0 Å². The summed E-state index contributed by atoms with van der Waals surface area (Å²) in [4.78, 5) is 28.1. The number of imide groups is 1. The summed E-state index contributed by atoms with van der Waals surface area (Å²) in [6.07, 6.45) is 0.960. The maximum atomic E-state index is 12.7. The lowest BCUT2D eigenvalue weighted by Gasteiger charge is -2.20. The van der Waals surface area contributed by atoms with Gasteiger partial charge in [0.1, 0.15) is 10.2 Å². The van der Waals surface area contributed by atoms with Crippen LogP contribution in [0.3, 0.4) is 0 Å². The molecule has 6 nitrogen and oxygen atoms in total. The fourth-order valence-electron chi connectivity index (χ4n) is 4.11. The number of carbonyl (C=O) groups is 2. The second-order valence-electron chi connectivity index (χ2n) is 9.26. The molecule has 1 heterocycles. The minimum Gasteiger partial charge on any atom is -0.297 e. The average Bonchev–Trinajstić information content (AvgIpc) is 3.28. The van der Waals surface area contributed by atoms with Crippen LogP contribution in [0, 0.1) is 17.3 Å². The molecule has 0 aromatic heterocycles. The van der Waals surface area contributed by atoms with E-state index in [0.29, 0.717) is 43.6 Å². The number of alkyl halides is 8. The van der Waals surface area contributed by atoms with Crippen LogP contribution in [-0.2, 0) is 15.8 Å². The van der Waals surface area contributed by atoms with E-state index in [-0.39, 0.29) is 39.4 Å². The lowest BCUT2D eigenvalue weighted by atomic mass is 9.85. The zero-order valence-electron chi connectivity index (χ0n) is 20.7. The van der Waals surface area contributed by atoms with Gasteiger partial charge in [-0.3, -0.25) is 25.4 Å². The van der Waals surface area contributed by atoms with Crippen molar-refractivity contribution in [3.8, 4) is 0 Å². The number of benzene rings is 1. The quantitative estimate of drug-likeness (QED) is 0.0605. The Morgan fingerprint density at radius 1 is 1.07 bits per heavy atom. The van der Waals surface area contributed by atoms with E-state index in [1.54, 1.807) is 0 Å². The number of amidine groups is 1. The minimum absolute atomic E-state index is 0.106. The third kappa shape index (κ3) is 7.73. The molecular formula is C23H22Cl7F3N4O2S. The Hall–Kier alpha value is -0.460. The predicted octanol–water partition coefficient (Wildman–Crippen LogP) is 8.84. The molecule has 2 fully saturated rings. The van der Waals surface area contributed by atoms with Crippen molar-refractivity contribution in [3.05, 3.63) is 39.9 Å². The van der Waals surface area contributed by atoms with Crippen LogP contribution < -0.4 is 10.9 Å². The molecule has 1 aromatic carbocycles. The summed E-state index contributed by atoms with van der Waals surface area (Å²) in [5, 5.41) is -0.357. The monoisotopic (exact) mass is 720 g/mol. The number of fused-ring (bicyclic) bond motifs is 1. The number of rotatable bonds is 5. The van der Waals surface area contributed by atoms with Crippen LogP contribution in [0.4, 0.5) is 18.9 Å². The number of hydrogen-bond donors (Lipinski definition) is 2. The van der Waals surface area contributed by atoms with E-state index in [1.807, 2.05) is 26.0 Å². The molecule has 1 saturated carbocycles. The number of nitrogens with one attached hydrogen (secondary N) is 2. The lowest BCUT2D eigenvalue weighted by molar-refractivity contribution is -0.137. The molecule has 4 rings (SSSR count). The zero-order valence-corrected chi connectivity index (χ0v) is 26.8. The summed E-state index contributed by atoms with van der Waals surface area (Å²) in [7, 11) is 0. The number of anilines is 1. The number of halogens is 10. The molecule has 0 bridgehead atoms. The Morgan fingerprint density at radius 2 is 1.55 bits per heavy atom. The summed E-state index contributed by atoms with van der Waals surface area (Å²) in [5.41, 5.74) is 4.10. The standard InChI is InChI=1S/C14H14Cl4F3N3.C9H8Cl3NO2S/c1-3-22-11(12(2)6-13(12,17)18)24-23-10-8(15)4-7(5-9(10)16)14(19,20)21;10-9(11,12)16-13-7(14)5-3-1-2-4-6(5)8(13)15/h4-5,23H,3,6H2,1-2H3,(H,22,24);1-2,5-6H,3-4H2. The Bertz CT molecular complexity index is 1180. The molecule has 1 saturated heterocycles. The van der Waals surface area contributed by atoms with E-state index in [4.69, 9.17) is 81.2 Å². The Kier molecular flexibility index (Phi) is 10.8. The normalized spacial score (nSPS) is 25.8. The number of carbonyl (C=O) groups excluding carboxylic acids is 2. The summed E-state index contributed by atoms with van der Waals surface area (Å²) >= 11 is 41.5. The molecule has 0 radical (unpaired) electrons. The van der Waals surface area contributed by atoms with Crippen LogP contribution in [0.2, 0.25) is 10.0 Å². The zero-order chi connectivity index (χ0) is 30.3. The highest BCUT2D eigenvalue weighted by Crippen LogP contribution is 2.64. The van der Waals surface area contributed by atoms with E-state index >= 15 is 0 Å². The largest absolute Gasteiger partial charge is 0.416 e. The third-order valence-corrected chi connectivity index (χ3v) is 9.50. The average molecular weight is 724 g/mol. The van der Waals surface area contributed by atoms with Crippen LogP contribution in [0.15, 0.2) is 29.3 Å². The van der Waals surface area contributed by atoms with E-state index in [9.17, 15) is 22.8 Å². The predicted molar refractivity (Wildman–Crippen MR) is 158 cm³/mol. The van der Waals surface area contributed by atoms with Crippen LogP contribution >= 0.6 is 93.2 Å². The minimum atomic E-state index is -4.54. The first-order chi connectivity index (χ1) is 18.3. The molecule has 1 aromatic rings. The second-order valence-corrected chi connectivity index (χ2v) is 15.7. The molecule has 1 aliphatic heterocycles. The first kappa shape index (κ1) is 34.0. The van der Waals surface area contributed by atoms with Crippen molar-refractivity contribution in [3.63, 3.8) is 0 Å². The molecule has 2 aliphatic carbocycles. The fourth-order valence-corrected chi connectivity index (χ4v) is 6.68. The van der Waals surface area contributed by atoms with Gasteiger partial charge in [-0.2, -0.15) is 13.2 Å². The van der Waals surface area contributed by atoms with Gasteiger partial charge in [0.25, 0.3) is 3.12 Å². The first-order valence-corrected chi connectivity index (χ1v) is 15.0. The number of amides is 2. The Balaban J connectivity index is 0.000000238. The van der Waals surface area contributed by atoms with Crippen molar-refractivity contribution >= 4 is 116 Å². The Morgan fingerprint density at radius 3 is 1.93 bits per heavy atom. The SMILES string of the molecule is CCN=C(NNc1c(Cl)cc(C(F)(F)F)cc1Cl)C1(C)CC1(Cl)Cl.O=C1C2CC=CCC2C(=O)N1SC(Cl)(Cl)Cl. The van der Waals surface area contributed by atoms with Crippen LogP contribution in [0.1, 0.15) is 38.7 Å². The van der Waals surface area contributed by atoms with E-state index in [0.717, 1.165) is 16.4 Å². The van der Waals surface area contributed by atoms with E-state index < -0.39 is 24.6 Å². The van der Waals surface area contributed by atoms with Crippen molar-refractivity contribution in [2.24, 2.45) is 22.2 Å². The molecule has 3 unspecified atom stereocenters. The lowest BCUT2D eigenvalue weighted by Crippen LogP contribution is -2.38. The summed E-state index contributed by atoms with van der Waals surface area (Å²) in [5.74, 6) is -0.594.